The van der Waals surface area contributed by atoms with Crippen molar-refractivity contribution in [3.05, 3.63) is 109 Å². The molecule has 15 heteroatoms. The minimum Gasteiger partial charge on any atom is -0.474 e. The molecule has 0 saturated heterocycles. The molecule has 0 amide bonds. The molecule has 6 rings (SSSR count). The molecule has 5 heterocycles. The Morgan fingerprint density at radius 3 is 2.40 bits per heavy atom. The van der Waals surface area contributed by atoms with Crippen LogP contribution in [0.15, 0.2) is 66.0 Å². The standard InChI is InChI=1S/C30H23F2N9O2.2CH3.2W/c1-15(2)43-29-18(11-33)9-19(12-35-29)26-24-27(34)36-14-37-28(24)41(39-26)16(3)25-23(17-5-4-6-20(31)10-17)30(42)40-13-21(32)7-8-22(40)38-25;;;;/h4-10,12-16H,1-3H3,(H2,34,36,37);2*1H3;;/q;2*-1;;/t16-;;;;/m1..../s1. The van der Waals surface area contributed by atoms with E-state index in [2.05, 4.69) is 21.0 Å². The molecule has 0 unspecified atom stereocenters. The van der Waals surface area contributed by atoms with E-state index in [1.807, 2.05) is 13.8 Å². The Morgan fingerprint density at radius 2 is 1.72 bits per heavy atom. The van der Waals surface area contributed by atoms with Crippen LogP contribution in [-0.4, -0.2) is 40.2 Å². The fourth-order valence-corrected chi connectivity index (χ4v) is 4.91. The van der Waals surface area contributed by atoms with Gasteiger partial charge in [0, 0.05) is 60.1 Å². The topological polar surface area (TPSA) is 150 Å². The number of halogens is 2. The molecular formula is C32H29F2N9O2W2-2. The van der Waals surface area contributed by atoms with E-state index in [4.69, 9.17) is 20.6 Å². The van der Waals surface area contributed by atoms with Crippen molar-refractivity contribution in [3.63, 3.8) is 0 Å². The van der Waals surface area contributed by atoms with Crippen LogP contribution < -0.4 is 16.0 Å². The SMILES string of the molecule is CC(C)Oc1ncc(-c2nn([C@H](C)c3nc4ccc(F)cn4c(=O)c3-c3cccc(F)c3)c3ncnc(N)c23)cc1C#N.[CH3-].[CH3-].[W].[W]. The van der Waals surface area contributed by atoms with Crippen molar-refractivity contribution in [2.45, 2.75) is 32.9 Å². The minimum atomic E-state index is -0.765. The number of nitrogens with two attached hydrogens (primary N) is 1. The first-order chi connectivity index (χ1) is 20.7. The van der Waals surface area contributed by atoms with E-state index in [9.17, 15) is 18.8 Å². The molecule has 11 nitrogen and oxygen atoms in total. The number of fused-ring (bicyclic) bond motifs is 2. The second kappa shape index (κ2) is 15.5. The quantitative estimate of drug-likeness (QED) is 0.211. The number of ether oxygens (including phenoxy) is 1. The molecule has 0 aliphatic rings. The fraction of sp³-hybridized carbons (Fsp3) is 0.156. The first kappa shape index (κ1) is 38.8. The van der Waals surface area contributed by atoms with E-state index in [1.165, 1.54) is 47.5 Å². The summed E-state index contributed by atoms with van der Waals surface area (Å²) in [4.78, 5) is 31.4. The van der Waals surface area contributed by atoms with Crippen molar-refractivity contribution >= 4 is 22.5 Å². The number of aromatic nitrogens is 7. The Balaban J connectivity index is 0.00000192. The molecule has 2 N–H and O–H groups in total. The van der Waals surface area contributed by atoms with Gasteiger partial charge in [0.05, 0.1) is 28.8 Å². The zero-order valence-corrected chi connectivity index (χ0v) is 31.8. The number of pyridine rings is 2. The summed E-state index contributed by atoms with van der Waals surface area (Å²) in [5, 5.41) is 15.0. The van der Waals surface area contributed by atoms with Crippen molar-refractivity contribution in [3.8, 4) is 34.3 Å². The fourth-order valence-electron chi connectivity index (χ4n) is 4.91. The maximum absolute atomic E-state index is 14.3. The number of nitrogens with zero attached hydrogens (tertiary/aromatic N) is 8. The van der Waals surface area contributed by atoms with Gasteiger partial charge in [-0.15, -0.1) is 0 Å². The number of rotatable bonds is 6. The van der Waals surface area contributed by atoms with E-state index < -0.39 is 23.2 Å². The van der Waals surface area contributed by atoms with Crippen LogP contribution in [0.1, 0.15) is 38.1 Å². The van der Waals surface area contributed by atoms with Crippen molar-refractivity contribution in [1.29, 1.82) is 5.26 Å². The number of nitriles is 1. The number of benzene rings is 1. The summed E-state index contributed by atoms with van der Waals surface area (Å²) in [5.74, 6) is -0.878. The third-order valence-electron chi connectivity index (χ3n) is 6.80. The smallest absolute Gasteiger partial charge is 0.266 e. The van der Waals surface area contributed by atoms with Crippen LogP contribution in [0, 0.1) is 37.8 Å². The van der Waals surface area contributed by atoms with Crippen molar-refractivity contribution < 1.29 is 55.6 Å². The molecular weight excluding hydrogens is 948 g/mol. The molecule has 0 spiro atoms. The Hall–Kier alpha value is -4.39. The average molecular weight is 977 g/mol. The van der Waals surface area contributed by atoms with Gasteiger partial charge in [-0.25, -0.2) is 33.4 Å². The van der Waals surface area contributed by atoms with Gasteiger partial charge in [-0.1, -0.05) is 12.1 Å². The summed E-state index contributed by atoms with van der Waals surface area (Å²) < 4.78 is 36.7. The van der Waals surface area contributed by atoms with Crippen LogP contribution in [-0.2, 0) is 42.1 Å². The van der Waals surface area contributed by atoms with Gasteiger partial charge < -0.3 is 25.3 Å². The zero-order chi connectivity index (χ0) is 30.4. The molecule has 0 fully saturated rings. The maximum Gasteiger partial charge on any atom is 0.266 e. The second-order valence-electron chi connectivity index (χ2n) is 10.0. The van der Waals surface area contributed by atoms with E-state index in [0.717, 1.165) is 10.6 Å². The number of anilines is 1. The van der Waals surface area contributed by atoms with Gasteiger partial charge in [0.25, 0.3) is 5.56 Å². The molecule has 0 aliphatic carbocycles. The zero-order valence-electron chi connectivity index (χ0n) is 26.0. The molecule has 0 radical (unpaired) electrons. The van der Waals surface area contributed by atoms with Crippen LogP contribution in [0.4, 0.5) is 14.6 Å². The van der Waals surface area contributed by atoms with Gasteiger partial charge in [0.15, 0.2) is 5.65 Å². The van der Waals surface area contributed by atoms with E-state index in [-0.39, 0.29) is 103 Å². The number of nitrogen functional groups attached to an aromatic ring is 1. The van der Waals surface area contributed by atoms with Gasteiger partial charge in [-0.05, 0) is 56.7 Å². The van der Waals surface area contributed by atoms with Gasteiger partial charge in [0.1, 0.15) is 46.8 Å². The third-order valence-corrected chi connectivity index (χ3v) is 6.80. The molecule has 1 aromatic carbocycles. The molecule has 242 valence electrons. The monoisotopic (exact) mass is 977 g/mol. The Kier molecular flexibility index (Phi) is 12.8. The average Bonchev–Trinajstić information content (AvgIpc) is 3.38. The van der Waals surface area contributed by atoms with Crippen LogP contribution in [0.25, 0.3) is 39.1 Å². The number of hydrogen-bond acceptors (Lipinski definition) is 9. The number of hydrogen-bond donors (Lipinski definition) is 1. The normalized spacial score (nSPS) is 11.1. The molecule has 0 bridgehead atoms. The molecule has 0 saturated carbocycles. The molecule has 0 aliphatic heterocycles. The Labute approximate surface area is 298 Å². The van der Waals surface area contributed by atoms with Crippen LogP contribution in [0.2, 0.25) is 0 Å². The van der Waals surface area contributed by atoms with E-state index in [1.54, 1.807) is 19.1 Å². The second-order valence-corrected chi connectivity index (χ2v) is 10.0. The molecule has 47 heavy (non-hydrogen) atoms. The Bertz CT molecular complexity index is 2160. The van der Waals surface area contributed by atoms with Gasteiger partial charge >= 0.3 is 0 Å². The van der Waals surface area contributed by atoms with Gasteiger partial charge in [-0.3, -0.25) is 9.20 Å². The summed E-state index contributed by atoms with van der Waals surface area (Å²) in [6, 6.07) is 11.0. The van der Waals surface area contributed by atoms with Crippen molar-refractivity contribution in [2.75, 3.05) is 5.73 Å². The van der Waals surface area contributed by atoms with Crippen LogP contribution >= 0.6 is 0 Å². The largest absolute Gasteiger partial charge is 0.474 e. The van der Waals surface area contributed by atoms with Crippen molar-refractivity contribution in [1.82, 2.24) is 34.1 Å². The van der Waals surface area contributed by atoms with E-state index in [0.29, 0.717) is 22.3 Å². The maximum atomic E-state index is 14.3. The van der Waals surface area contributed by atoms with Crippen molar-refractivity contribution in [2.24, 2.45) is 0 Å². The summed E-state index contributed by atoms with van der Waals surface area (Å²) in [7, 11) is 0. The molecule has 1 atom stereocenters. The van der Waals surface area contributed by atoms with Crippen LogP contribution in [0.3, 0.4) is 0 Å². The summed E-state index contributed by atoms with van der Waals surface area (Å²) in [6.07, 6.45) is 3.63. The summed E-state index contributed by atoms with van der Waals surface area (Å²) in [5.41, 5.74) is 7.77. The van der Waals surface area contributed by atoms with E-state index >= 15 is 0 Å². The third kappa shape index (κ3) is 7.14. The first-order valence-electron chi connectivity index (χ1n) is 13.2. The van der Waals surface area contributed by atoms with Crippen LogP contribution in [0.5, 0.6) is 5.88 Å². The van der Waals surface area contributed by atoms with Gasteiger partial charge in [-0.2, -0.15) is 10.4 Å². The molecule has 5 aromatic heterocycles. The predicted octanol–water partition coefficient (Wildman–Crippen LogP) is 5.59. The van der Waals surface area contributed by atoms with Gasteiger partial charge in [0.2, 0.25) is 5.88 Å². The first-order valence-corrected chi connectivity index (χ1v) is 13.2. The summed E-state index contributed by atoms with van der Waals surface area (Å²) >= 11 is 0. The Morgan fingerprint density at radius 1 is 0.979 bits per heavy atom. The minimum absolute atomic E-state index is 0. The predicted molar refractivity (Wildman–Crippen MR) is 167 cm³/mol. The molecule has 6 aromatic rings. The summed E-state index contributed by atoms with van der Waals surface area (Å²) in [6.45, 7) is 5.40.